The molecule has 1 aromatic heterocycles. The summed E-state index contributed by atoms with van der Waals surface area (Å²) >= 11 is 1.61. The lowest BCUT2D eigenvalue weighted by Crippen LogP contribution is -2.34. The van der Waals surface area contributed by atoms with Crippen LogP contribution in [-0.4, -0.2) is 49.8 Å². The van der Waals surface area contributed by atoms with Crippen molar-refractivity contribution in [3.8, 4) is 0 Å². The summed E-state index contributed by atoms with van der Waals surface area (Å²) in [5.74, 6) is 0.741. The fraction of sp³-hybridized carbons (Fsp3) is 0.750. The average Bonchev–Trinajstić information content (AvgIpc) is 2.61. The van der Waals surface area contributed by atoms with E-state index in [0.717, 1.165) is 12.3 Å². The largest absolute Gasteiger partial charge is 0.318 e. The van der Waals surface area contributed by atoms with Crippen LogP contribution < -0.4 is 10.0 Å². The second-order valence-corrected chi connectivity index (χ2v) is 7.37. The van der Waals surface area contributed by atoms with Crippen LogP contribution in [0.5, 0.6) is 0 Å². The third-order valence-electron chi connectivity index (χ3n) is 2.93. The number of aryl methyl sites for hydroxylation is 1. The molecule has 0 radical (unpaired) electrons. The number of hydrogen-bond acceptors (Lipinski definition) is 5. The Hall–Kier alpha value is -0.570. The molecule has 2 N–H and O–H groups in total. The second-order valence-electron chi connectivity index (χ2n) is 4.80. The summed E-state index contributed by atoms with van der Waals surface area (Å²) in [4.78, 5) is 0.307. The Morgan fingerprint density at radius 1 is 1.40 bits per heavy atom. The molecule has 0 saturated heterocycles. The number of sulfonamides is 1. The standard InChI is InChI=1S/C12H24N4O2S2/c1-9(8-19-5)15-20(17,18)12-10(2)14-16(11(12)3)7-6-13-4/h9,13,15H,6-8H2,1-5H3. The molecule has 0 aliphatic rings. The van der Waals surface area contributed by atoms with Gasteiger partial charge in [0.2, 0.25) is 10.0 Å². The molecule has 0 saturated carbocycles. The summed E-state index contributed by atoms with van der Waals surface area (Å²) in [6, 6.07) is -0.102. The fourth-order valence-electron chi connectivity index (χ4n) is 2.11. The molecule has 1 unspecified atom stereocenters. The van der Waals surface area contributed by atoms with Gasteiger partial charge >= 0.3 is 0 Å². The number of hydrogen-bond donors (Lipinski definition) is 2. The molecule has 20 heavy (non-hydrogen) atoms. The lowest BCUT2D eigenvalue weighted by atomic mass is 10.4. The van der Waals surface area contributed by atoms with Crippen LogP contribution >= 0.6 is 11.8 Å². The molecule has 0 spiro atoms. The van der Waals surface area contributed by atoms with Gasteiger partial charge in [-0.1, -0.05) is 0 Å². The predicted octanol–water partition coefficient (Wildman–Crippen LogP) is 0.749. The van der Waals surface area contributed by atoms with Gasteiger partial charge in [-0.25, -0.2) is 13.1 Å². The molecule has 1 aromatic rings. The molecular formula is C12H24N4O2S2. The van der Waals surface area contributed by atoms with Crippen LogP contribution in [0.3, 0.4) is 0 Å². The van der Waals surface area contributed by atoms with Crippen molar-refractivity contribution >= 4 is 21.8 Å². The molecule has 6 nitrogen and oxygen atoms in total. The number of likely N-dealkylation sites (N-methyl/N-ethyl adjacent to an activating group) is 1. The zero-order valence-electron chi connectivity index (χ0n) is 12.7. The smallest absolute Gasteiger partial charge is 0.244 e. The van der Waals surface area contributed by atoms with Gasteiger partial charge in [0, 0.05) is 18.3 Å². The number of rotatable bonds is 8. The summed E-state index contributed by atoms with van der Waals surface area (Å²) in [5.41, 5.74) is 1.23. The molecule has 0 amide bonds. The van der Waals surface area contributed by atoms with E-state index in [4.69, 9.17) is 0 Å². The van der Waals surface area contributed by atoms with Crippen molar-refractivity contribution in [2.24, 2.45) is 0 Å². The Morgan fingerprint density at radius 3 is 2.60 bits per heavy atom. The summed E-state index contributed by atoms with van der Waals surface area (Å²) in [5, 5.41) is 7.35. The van der Waals surface area contributed by atoms with Gasteiger partial charge in [0.05, 0.1) is 17.9 Å². The summed E-state index contributed by atoms with van der Waals surface area (Å²) in [6.07, 6.45) is 1.96. The minimum atomic E-state index is -3.51. The zero-order chi connectivity index (χ0) is 15.3. The molecule has 1 atom stereocenters. The number of aromatic nitrogens is 2. The molecule has 0 aromatic carbocycles. The number of nitrogens with zero attached hydrogens (tertiary/aromatic N) is 2. The summed E-state index contributed by atoms with van der Waals surface area (Å²) in [6.45, 7) is 6.79. The highest BCUT2D eigenvalue weighted by atomic mass is 32.2. The van der Waals surface area contributed by atoms with Gasteiger partial charge in [-0.2, -0.15) is 16.9 Å². The van der Waals surface area contributed by atoms with E-state index in [9.17, 15) is 8.42 Å². The molecule has 0 bridgehead atoms. The Labute approximate surface area is 125 Å². The molecule has 0 aliphatic heterocycles. The maximum atomic E-state index is 12.5. The van der Waals surface area contributed by atoms with E-state index in [1.165, 1.54) is 0 Å². The first kappa shape index (κ1) is 17.5. The summed E-state index contributed by atoms with van der Waals surface area (Å²) < 4.78 is 29.4. The van der Waals surface area contributed by atoms with Crippen LogP contribution in [0.1, 0.15) is 18.3 Å². The Balaban J connectivity index is 3.03. The number of nitrogens with one attached hydrogen (secondary N) is 2. The van der Waals surface area contributed by atoms with Crippen LogP contribution in [0.2, 0.25) is 0 Å². The molecular weight excluding hydrogens is 296 g/mol. The van der Waals surface area contributed by atoms with Crippen molar-refractivity contribution in [3.05, 3.63) is 11.4 Å². The molecule has 1 rings (SSSR count). The maximum absolute atomic E-state index is 12.5. The van der Waals surface area contributed by atoms with Gasteiger partial charge in [-0.15, -0.1) is 0 Å². The van der Waals surface area contributed by atoms with Crippen LogP contribution in [0.15, 0.2) is 4.90 Å². The van der Waals surface area contributed by atoms with Crippen LogP contribution in [0.4, 0.5) is 0 Å². The van der Waals surface area contributed by atoms with Gasteiger partial charge in [0.25, 0.3) is 0 Å². The van der Waals surface area contributed by atoms with Crippen molar-refractivity contribution in [2.45, 2.75) is 38.3 Å². The maximum Gasteiger partial charge on any atom is 0.244 e. The third kappa shape index (κ3) is 4.21. The van der Waals surface area contributed by atoms with Crippen molar-refractivity contribution in [1.82, 2.24) is 19.8 Å². The minimum absolute atomic E-state index is 0.102. The monoisotopic (exact) mass is 320 g/mol. The van der Waals surface area contributed by atoms with Gasteiger partial charge < -0.3 is 5.32 Å². The average molecular weight is 320 g/mol. The highest BCUT2D eigenvalue weighted by Gasteiger charge is 2.25. The van der Waals surface area contributed by atoms with Crippen LogP contribution in [0, 0.1) is 13.8 Å². The van der Waals surface area contributed by atoms with E-state index in [-0.39, 0.29) is 6.04 Å². The lowest BCUT2D eigenvalue weighted by molar-refractivity contribution is 0.561. The third-order valence-corrected chi connectivity index (χ3v) is 5.60. The van der Waals surface area contributed by atoms with Crippen LogP contribution in [-0.2, 0) is 16.6 Å². The van der Waals surface area contributed by atoms with E-state index in [1.807, 2.05) is 20.2 Å². The number of thioether (sulfide) groups is 1. The molecule has 0 fully saturated rings. The van der Waals surface area contributed by atoms with Crippen molar-refractivity contribution < 1.29 is 8.42 Å². The first-order chi connectivity index (χ1) is 9.33. The SMILES string of the molecule is CNCCn1nc(C)c(S(=O)(=O)NC(C)CSC)c1C. The van der Waals surface area contributed by atoms with Crippen molar-refractivity contribution in [1.29, 1.82) is 0 Å². The molecule has 8 heteroatoms. The van der Waals surface area contributed by atoms with Crippen molar-refractivity contribution in [2.75, 3.05) is 25.6 Å². The fourth-order valence-corrected chi connectivity index (χ4v) is 4.46. The van der Waals surface area contributed by atoms with Gasteiger partial charge in [-0.3, -0.25) is 4.68 Å². The van der Waals surface area contributed by atoms with E-state index in [0.29, 0.717) is 22.8 Å². The van der Waals surface area contributed by atoms with E-state index >= 15 is 0 Å². The Kier molecular flexibility index (Phi) is 6.50. The second kappa shape index (κ2) is 7.44. The first-order valence-corrected chi connectivity index (χ1v) is 9.41. The van der Waals surface area contributed by atoms with Crippen LogP contribution in [0.25, 0.3) is 0 Å². The van der Waals surface area contributed by atoms with E-state index < -0.39 is 10.0 Å². The highest BCUT2D eigenvalue weighted by Crippen LogP contribution is 2.19. The zero-order valence-corrected chi connectivity index (χ0v) is 14.4. The Morgan fingerprint density at radius 2 is 2.05 bits per heavy atom. The van der Waals surface area contributed by atoms with E-state index in [1.54, 1.807) is 30.3 Å². The quantitative estimate of drug-likeness (QED) is 0.739. The summed E-state index contributed by atoms with van der Waals surface area (Å²) in [7, 11) is -1.66. The molecule has 1 heterocycles. The highest BCUT2D eigenvalue weighted by molar-refractivity contribution is 7.98. The van der Waals surface area contributed by atoms with Crippen molar-refractivity contribution in [3.63, 3.8) is 0 Å². The normalized spacial score (nSPS) is 13.7. The minimum Gasteiger partial charge on any atom is -0.318 e. The molecule has 116 valence electrons. The van der Waals surface area contributed by atoms with Gasteiger partial charge in [0.1, 0.15) is 4.90 Å². The first-order valence-electron chi connectivity index (χ1n) is 6.53. The predicted molar refractivity (Wildman–Crippen MR) is 83.8 cm³/mol. The Bertz CT molecular complexity index is 540. The molecule has 0 aliphatic carbocycles. The van der Waals surface area contributed by atoms with E-state index in [2.05, 4.69) is 15.1 Å². The topological polar surface area (TPSA) is 76.0 Å². The van der Waals surface area contributed by atoms with Gasteiger partial charge in [-0.05, 0) is 34.1 Å². The van der Waals surface area contributed by atoms with Gasteiger partial charge in [0.15, 0.2) is 0 Å². The lowest BCUT2D eigenvalue weighted by Gasteiger charge is -2.13.